The SMILES string of the molecule is CCc1cn[nH]c1NC(=O)c1cccc(Cl)c1C. The highest BCUT2D eigenvalue weighted by molar-refractivity contribution is 6.32. The predicted molar refractivity (Wildman–Crippen MR) is 72.1 cm³/mol. The second-order valence-electron chi connectivity index (χ2n) is 3.99. The van der Waals surface area contributed by atoms with Crippen molar-refractivity contribution in [1.82, 2.24) is 10.2 Å². The number of carbonyl (C=O) groups is 1. The number of nitrogens with zero attached hydrogens (tertiary/aromatic N) is 1. The molecule has 1 aromatic heterocycles. The molecule has 0 radical (unpaired) electrons. The fraction of sp³-hybridized carbons (Fsp3) is 0.231. The Morgan fingerprint density at radius 1 is 1.50 bits per heavy atom. The van der Waals surface area contributed by atoms with Crippen molar-refractivity contribution < 1.29 is 4.79 Å². The van der Waals surface area contributed by atoms with Crippen LogP contribution in [0.15, 0.2) is 24.4 Å². The number of H-pyrrole nitrogens is 1. The predicted octanol–water partition coefficient (Wildman–Crippen LogP) is 3.19. The molecular weight excluding hydrogens is 250 g/mol. The topological polar surface area (TPSA) is 57.8 Å². The van der Waals surface area contributed by atoms with Crippen molar-refractivity contribution in [1.29, 1.82) is 0 Å². The highest BCUT2D eigenvalue weighted by Crippen LogP contribution is 2.20. The first kappa shape index (κ1) is 12.6. The highest BCUT2D eigenvalue weighted by Gasteiger charge is 2.13. The molecule has 1 amide bonds. The quantitative estimate of drug-likeness (QED) is 0.894. The smallest absolute Gasteiger partial charge is 0.257 e. The maximum atomic E-state index is 12.1. The molecule has 0 bridgehead atoms. The van der Waals surface area contributed by atoms with Crippen molar-refractivity contribution in [2.75, 3.05) is 5.32 Å². The second-order valence-corrected chi connectivity index (χ2v) is 4.40. The van der Waals surface area contributed by atoms with Gasteiger partial charge in [0.1, 0.15) is 5.82 Å². The van der Waals surface area contributed by atoms with Crippen molar-refractivity contribution in [2.24, 2.45) is 0 Å². The molecule has 0 spiro atoms. The van der Waals surface area contributed by atoms with Gasteiger partial charge in [0.2, 0.25) is 0 Å². The zero-order valence-electron chi connectivity index (χ0n) is 10.2. The minimum Gasteiger partial charge on any atom is -0.307 e. The Morgan fingerprint density at radius 3 is 3.00 bits per heavy atom. The molecule has 4 nitrogen and oxygen atoms in total. The molecule has 2 aromatic rings. The van der Waals surface area contributed by atoms with E-state index in [2.05, 4.69) is 15.5 Å². The summed E-state index contributed by atoms with van der Waals surface area (Å²) in [5, 5.41) is 10.1. The number of hydrogen-bond donors (Lipinski definition) is 2. The third kappa shape index (κ3) is 2.38. The molecule has 0 saturated heterocycles. The Hall–Kier alpha value is -1.81. The van der Waals surface area contributed by atoms with Gasteiger partial charge in [-0.15, -0.1) is 0 Å². The van der Waals surface area contributed by atoms with Crippen LogP contribution in [-0.2, 0) is 6.42 Å². The first-order chi connectivity index (χ1) is 8.63. The van der Waals surface area contributed by atoms with E-state index in [1.54, 1.807) is 24.4 Å². The molecule has 0 fully saturated rings. The number of aromatic nitrogens is 2. The second kappa shape index (κ2) is 5.23. The zero-order valence-corrected chi connectivity index (χ0v) is 11.0. The van der Waals surface area contributed by atoms with Crippen LogP contribution in [0.2, 0.25) is 5.02 Å². The van der Waals surface area contributed by atoms with Crippen molar-refractivity contribution >= 4 is 23.3 Å². The van der Waals surface area contributed by atoms with Gasteiger partial charge >= 0.3 is 0 Å². The fourth-order valence-electron chi connectivity index (χ4n) is 1.72. The van der Waals surface area contributed by atoms with Gasteiger partial charge in [0.15, 0.2) is 0 Å². The molecule has 1 heterocycles. The minimum atomic E-state index is -0.186. The van der Waals surface area contributed by atoms with Crippen LogP contribution in [0.3, 0.4) is 0 Å². The summed E-state index contributed by atoms with van der Waals surface area (Å²) < 4.78 is 0. The lowest BCUT2D eigenvalue weighted by Gasteiger charge is -2.08. The van der Waals surface area contributed by atoms with Crippen molar-refractivity contribution in [3.63, 3.8) is 0 Å². The molecular formula is C13H14ClN3O. The Bertz CT molecular complexity index is 577. The molecule has 2 N–H and O–H groups in total. The summed E-state index contributed by atoms with van der Waals surface area (Å²) in [6.07, 6.45) is 2.51. The summed E-state index contributed by atoms with van der Waals surface area (Å²) in [6.45, 7) is 3.83. The van der Waals surface area contributed by atoms with Crippen LogP contribution >= 0.6 is 11.6 Å². The molecule has 94 valence electrons. The van der Waals surface area contributed by atoms with Gasteiger partial charge in [0, 0.05) is 16.1 Å². The van der Waals surface area contributed by atoms with Crippen molar-refractivity contribution in [2.45, 2.75) is 20.3 Å². The summed E-state index contributed by atoms with van der Waals surface area (Å²) >= 11 is 6.00. The standard InChI is InChI=1S/C13H14ClN3O/c1-3-9-7-15-17-12(9)16-13(18)10-5-4-6-11(14)8(10)2/h4-7H,3H2,1-2H3,(H2,15,16,17,18). The van der Waals surface area contributed by atoms with Crippen LogP contribution in [0.4, 0.5) is 5.82 Å². The van der Waals surface area contributed by atoms with Crippen LogP contribution in [0, 0.1) is 6.92 Å². The van der Waals surface area contributed by atoms with E-state index in [1.165, 1.54) is 0 Å². The summed E-state index contributed by atoms with van der Waals surface area (Å²) in [7, 11) is 0. The number of benzene rings is 1. The minimum absolute atomic E-state index is 0.186. The van der Waals surface area contributed by atoms with Gasteiger partial charge < -0.3 is 5.32 Å². The fourth-order valence-corrected chi connectivity index (χ4v) is 1.90. The normalized spacial score (nSPS) is 10.4. The van der Waals surface area contributed by atoms with E-state index in [4.69, 9.17) is 11.6 Å². The molecule has 2 rings (SSSR count). The first-order valence-corrected chi connectivity index (χ1v) is 6.10. The maximum absolute atomic E-state index is 12.1. The summed E-state index contributed by atoms with van der Waals surface area (Å²) in [5.41, 5.74) is 2.32. The van der Waals surface area contributed by atoms with Gasteiger partial charge in [0.25, 0.3) is 5.91 Å². The lowest BCUT2D eigenvalue weighted by atomic mass is 10.1. The van der Waals surface area contributed by atoms with E-state index >= 15 is 0 Å². The van der Waals surface area contributed by atoms with Gasteiger partial charge in [-0.2, -0.15) is 5.10 Å². The van der Waals surface area contributed by atoms with Crippen LogP contribution in [0.5, 0.6) is 0 Å². The number of hydrogen-bond acceptors (Lipinski definition) is 2. The van der Waals surface area contributed by atoms with Crippen molar-refractivity contribution in [3.05, 3.63) is 46.1 Å². The monoisotopic (exact) mass is 263 g/mol. The average Bonchev–Trinajstić information content (AvgIpc) is 2.79. The molecule has 0 atom stereocenters. The molecule has 0 aliphatic carbocycles. The average molecular weight is 264 g/mol. The number of anilines is 1. The first-order valence-electron chi connectivity index (χ1n) is 5.72. The van der Waals surface area contributed by atoms with E-state index in [-0.39, 0.29) is 5.91 Å². The van der Waals surface area contributed by atoms with Crippen LogP contribution < -0.4 is 5.32 Å². The van der Waals surface area contributed by atoms with Gasteiger partial charge in [0.05, 0.1) is 6.20 Å². The van der Waals surface area contributed by atoms with E-state index in [1.807, 2.05) is 13.8 Å². The Labute approximate surface area is 110 Å². The van der Waals surface area contributed by atoms with E-state index < -0.39 is 0 Å². The third-order valence-corrected chi connectivity index (χ3v) is 3.26. The number of nitrogens with one attached hydrogen (secondary N) is 2. The van der Waals surface area contributed by atoms with Crippen LogP contribution in [0.1, 0.15) is 28.4 Å². The number of halogens is 1. The van der Waals surface area contributed by atoms with E-state index in [0.29, 0.717) is 16.4 Å². The largest absolute Gasteiger partial charge is 0.307 e. The van der Waals surface area contributed by atoms with Crippen LogP contribution in [-0.4, -0.2) is 16.1 Å². The Balaban J connectivity index is 2.25. The lowest BCUT2D eigenvalue weighted by molar-refractivity contribution is 0.102. The zero-order chi connectivity index (χ0) is 13.1. The number of aryl methyl sites for hydroxylation is 1. The van der Waals surface area contributed by atoms with Crippen LogP contribution in [0.25, 0.3) is 0 Å². The number of rotatable bonds is 3. The Morgan fingerprint density at radius 2 is 2.28 bits per heavy atom. The molecule has 0 saturated carbocycles. The molecule has 0 aliphatic heterocycles. The van der Waals surface area contributed by atoms with Gasteiger partial charge in [-0.1, -0.05) is 24.6 Å². The van der Waals surface area contributed by atoms with E-state index in [0.717, 1.165) is 17.5 Å². The summed E-state index contributed by atoms with van der Waals surface area (Å²) in [4.78, 5) is 12.1. The number of amides is 1. The molecule has 0 unspecified atom stereocenters. The van der Waals surface area contributed by atoms with E-state index in [9.17, 15) is 4.79 Å². The molecule has 1 aromatic carbocycles. The summed E-state index contributed by atoms with van der Waals surface area (Å²) in [5.74, 6) is 0.454. The van der Waals surface area contributed by atoms with Gasteiger partial charge in [-0.25, -0.2) is 0 Å². The molecule has 5 heteroatoms. The Kier molecular flexibility index (Phi) is 3.67. The molecule has 0 aliphatic rings. The van der Waals surface area contributed by atoms with Gasteiger partial charge in [-0.05, 0) is 31.0 Å². The maximum Gasteiger partial charge on any atom is 0.257 e. The number of aromatic amines is 1. The van der Waals surface area contributed by atoms with Crippen molar-refractivity contribution in [3.8, 4) is 0 Å². The summed E-state index contributed by atoms with van der Waals surface area (Å²) in [6, 6.07) is 5.28. The van der Waals surface area contributed by atoms with Gasteiger partial charge in [-0.3, -0.25) is 9.89 Å². The molecule has 18 heavy (non-hydrogen) atoms. The lowest BCUT2D eigenvalue weighted by Crippen LogP contribution is -2.14. The third-order valence-electron chi connectivity index (χ3n) is 2.85. The number of carbonyl (C=O) groups excluding carboxylic acids is 1. The highest BCUT2D eigenvalue weighted by atomic mass is 35.5.